The van der Waals surface area contributed by atoms with Gasteiger partial charge in [0.25, 0.3) is 0 Å². The lowest BCUT2D eigenvalue weighted by molar-refractivity contribution is 0.232. The number of rotatable bonds is 7. The first kappa shape index (κ1) is 14.9. The van der Waals surface area contributed by atoms with Gasteiger partial charge in [-0.25, -0.2) is 0 Å². The number of nitrogens with zero attached hydrogens (tertiary/aromatic N) is 2. The second-order valence-electron chi connectivity index (χ2n) is 6.39. The first-order valence-electron chi connectivity index (χ1n) is 8.62. The highest BCUT2D eigenvalue weighted by atomic mass is 15.3. The van der Waals surface area contributed by atoms with Gasteiger partial charge in [-0.1, -0.05) is 32.0 Å². The van der Waals surface area contributed by atoms with E-state index in [-0.39, 0.29) is 0 Å². The minimum Gasteiger partial charge on any atom is -0.370 e. The lowest BCUT2D eigenvalue weighted by atomic mass is 10.1. The molecule has 0 bridgehead atoms. The van der Waals surface area contributed by atoms with Crippen LogP contribution >= 0.6 is 0 Å². The van der Waals surface area contributed by atoms with Crippen molar-refractivity contribution in [1.82, 2.24) is 10.2 Å². The molecule has 1 aliphatic heterocycles. The van der Waals surface area contributed by atoms with Gasteiger partial charge in [-0.2, -0.15) is 0 Å². The zero-order valence-corrected chi connectivity index (χ0v) is 13.5. The van der Waals surface area contributed by atoms with E-state index >= 15 is 0 Å². The van der Waals surface area contributed by atoms with Crippen molar-refractivity contribution in [3.8, 4) is 0 Å². The van der Waals surface area contributed by atoms with Crippen molar-refractivity contribution in [3.63, 3.8) is 0 Å². The summed E-state index contributed by atoms with van der Waals surface area (Å²) in [6.45, 7) is 10.3. The van der Waals surface area contributed by atoms with Crippen LogP contribution in [0.25, 0.3) is 0 Å². The summed E-state index contributed by atoms with van der Waals surface area (Å²) >= 11 is 0. The number of nitrogens with one attached hydrogen (secondary N) is 1. The van der Waals surface area contributed by atoms with Gasteiger partial charge >= 0.3 is 0 Å². The molecule has 1 N–H and O–H groups in total. The summed E-state index contributed by atoms with van der Waals surface area (Å²) in [4.78, 5) is 5.19. The van der Waals surface area contributed by atoms with E-state index in [0.717, 1.165) is 18.6 Å². The predicted octanol–water partition coefficient (Wildman–Crippen LogP) is 2.86. The Labute approximate surface area is 129 Å². The third-order valence-electron chi connectivity index (χ3n) is 4.98. The molecule has 0 spiro atoms. The largest absolute Gasteiger partial charge is 0.370 e. The van der Waals surface area contributed by atoms with Gasteiger partial charge in [0.2, 0.25) is 0 Å². The Bertz CT molecular complexity index is 452. The molecule has 3 rings (SSSR count). The van der Waals surface area contributed by atoms with Crippen LogP contribution in [0.5, 0.6) is 0 Å². The van der Waals surface area contributed by atoms with Crippen molar-refractivity contribution in [2.45, 2.75) is 51.7 Å². The summed E-state index contributed by atoms with van der Waals surface area (Å²) in [7, 11) is 0. The molecule has 1 atom stereocenters. The minimum absolute atomic E-state index is 0.726. The standard InChI is InChI=1S/C18H29N3/c1-3-20(4-2)17-11-12-21(14-17)18-8-6-5-7-15(18)13-19-16-9-10-16/h5-8,16-17,19H,3-4,9-14H2,1-2H3. The quantitative estimate of drug-likeness (QED) is 0.832. The van der Waals surface area contributed by atoms with Gasteiger partial charge in [0, 0.05) is 37.4 Å². The number of benzene rings is 1. The van der Waals surface area contributed by atoms with Crippen molar-refractivity contribution in [2.24, 2.45) is 0 Å². The molecule has 0 aromatic heterocycles. The highest BCUT2D eigenvalue weighted by Crippen LogP contribution is 2.27. The average Bonchev–Trinajstić information content (AvgIpc) is 3.23. The van der Waals surface area contributed by atoms with Crippen LogP contribution in [0.15, 0.2) is 24.3 Å². The zero-order valence-electron chi connectivity index (χ0n) is 13.5. The molecule has 21 heavy (non-hydrogen) atoms. The van der Waals surface area contributed by atoms with Gasteiger partial charge in [0.05, 0.1) is 0 Å². The van der Waals surface area contributed by atoms with Crippen LogP contribution in [-0.4, -0.2) is 43.2 Å². The summed E-state index contributed by atoms with van der Waals surface area (Å²) < 4.78 is 0. The molecule has 1 saturated heterocycles. The van der Waals surface area contributed by atoms with Gasteiger partial charge < -0.3 is 10.2 Å². The van der Waals surface area contributed by atoms with Crippen molar-refractivity contribution in [1.29, 1.82) is 0 Å². The Kier molecular flexibility index (Phi) is 4.81. The van der Waals surface area contributed by atoms with Gasteiger partial charge in [0.1, 0.15) is 0 Å². The number of hydrogen-bond acceptors (Lipinski definition) is 3. The molecule has 1 unspecified atom stereocenters. The fourth-order valence-electron chi connectivity index (χ4n) is 3.51. The SMILES string of the molecule is CCN(CC)C1CCN(c2ccccc2CNC2CC2)C1. The average molecular weight is 287 g/mol. The van der Waals surface area contributed by atoms with Gasteiger partial charge in [0.15, 0.2) is 0 Å². The highest BCUT2D eigenvalue weighted by molar-refractivity contribution is 5.54. The third-order valence-corrected chi connectivity index (χ3v) is 4.98. The molecule has 1 saturated carbocycles. The molecular weight excluding hydrogens is 258 g/mol. The van der Waals surface area contributed by atoms with Crippen LogP contribution in [0.3, 0.4) is 0 Å². The van der Waals surface area contributed by atoms with Crippen molar-refractivity contribution in [3.05, 3.63) is 29.8 Å². The fraction of sp³-hybridized carbons (Fsp3) is 0.667. The van der Waals surface area contributed by atoms with Crippen LogP contribution in [-0.2, 0) is 6.54 Å². The monoisotopic (exact) mass is 287 g/mol. The van der Waals surface area contributed by atoms with Crippen molar-refractivity contribution in [2.75, 3.05) is 31.1 Å². The summed E-state index contributed by atoms with van der Waals surface area (Å²) in [5, 5.41) is 3.66. The molecule has 0 radical (unpaired) electrons. The Balaban J connectivity index is 1.66. The predicted molar refractivity (Wildman–Crippen MR) is 89.8 cm³/mol. The van der Waals surface area contributed by atoms with E-state index in [9.17, 15) is 0 Å². The van der Waals surface area contributed by atoms with E-state index < -0.39 is 0 Å². The summed E-state index contributed by atoms with van der Waals surface area (Å²) in [6, 6.07) is 10.4. The van der Waals surface area contributed by atoms with Gasteiger partial charge in [-0.15, -0.1) is 0 Å². The number of anilines is 1. The molecule has 1 aromatic rings. The highest BCUT2D eigenvalue weighted by Gasteiger charge is 2.27. The topological polar surface area (TPSA) is 18.5 Å². The zero-order chi connectivity index (χ0) is 14.7. The Morgan fingerprint density at radius 2 is 1.90 bits per heavy atom. The van der Waals surface area contributed by atoms with Crippen LogP contribution in [0.2, 0.25) is 0 Å². The molecule has 2 fully saturated rings. The second-order valence-corrected chi connectivity index (χ2v) is 6.39. The number of hydrogen-bond donors (Lipinski definition) is 1. The Hall–Kier alpha value is -1.06. The molecule has 0 amide bonds. The number of para-hydroxylation sites is 1. The van der Waals surface area contributed by atoms with Crippen molar-refractivity contribution < 1.29 is 0 Å². The first-order valence-corrected chi connectivity index (χ1v) is 8.62. The molecule has 1 heterocycles. The number of likely N-dealkylation sites (N-methyl/N-ethyl adjacent to an activating group) is 1. The van der Waals surface area contributed by atoms with Crippen LogP contribution in [0.4, 0.5) is 5.69 Å². The van der Waals surface area contributed by atoms with E-state index in [0.29, 0.717) is 0 Å². The fourth-order valence-corrected chi connectivity index (χ4v) is 3.51. The lowest BCUT2D eigenvalue weighted by Crippen LogP contribution is -2.37. The molecule has 3 heteroatoms. The maximum Gasteiger partial charge on any atom is 0.0412 e. The second kappa shape index (κ2) is 6.80. The van der Waals surface area contributed by atoms with Gasteiger partial charge in [-0.3, -0.25) is 4.90 Å². The van der Waals surface area contributed by atoms with E-state index in [2.05, 4.69) is 53.2 Å². The molecule has 116 valence electrons. The molecule has 2 aliphatic rings. The molecule has 1 aliphatic carbocycles. The van der Waals surface area contributed by atoms with Crippen LogP contribution in [0, 0.1) is 0 Å². The maximum absolute atomic E-state index is 3.66. The van der Waals surface area contributed by atoms with Crippen LogP contribution in [0.1, 0.15) is 38.7 Å². The molecular formula is C18H29N3. The summed E-state index contributed by atoms with van der Waals surface area (Å²) in [6.07, 6.45) is 4.01. The van der Waals surface area contributed by atoms with E-state index in [1.165, 1.54) is 56.7 Å². The van der Waals surface area contributed by atoms with E-state index in [4.69, 9.17) is 0 Å². The maximum atomic E-state index is 3.66. The molecule has 1 aromatic carbocycles. The van der Waals surface area contributed by atoms with E-state index in [1.807, 2.05) is 0 Å². The Morgan fingerprint density at radius 3 is 2.62 bits per heavy atom. The first-order chi connectivity index (χ1) is 10.3. The van der Waals surface area contributed by atoms with Gasteiger partial charge in [-0.05, 0) is 44.0 Å². The van der Waals surface area contributed by atoms with E-state index in [1.54, 1.807) is 0 Å². The summed E-state index contributed by atoms with van der Waals surface area (Å²) in [5.74, 6) is 0. The van der Waals surface area contributed by atoms with Crippen LogP contribution < -0.4 is 10.2 Å². The lowest BCUT2D eigenvalue weighted by Gasteiger charge is -2.27. The van der Waals surface area contributed by atoms with Crippen molar-refractivity contribution >= 4 is 5.69 Å². The summed E-state index contributed by atoms with van der Waals surface area (Å²) in [5.41, 5.74) is 2.91. The third kappa shape index (κ3) is 3.58. The molecule has 3 nitrogen and oxygen atoms in total. The normalized spacial score (nSPS) is 22.2. The smallest absolute Gasteiger partial charge is 0.0412 e. The minimum atomic E-state index is 0.726. The Morgan fingerprint density at radius 1 is 1.14 bits per heavy atom.